The lowest BCUT2D eigenvalue weighted by Gasteiger charge is -1.99. The van der Waals surface area contributed by atoms with Crippen LogP contribution in [0.15, 0.2) is 70.5 Å². The topological polar surface area (TPSA) is 92.7 Å². The number of para-hydroxylation sites is 1. The molecule has 1 aromatic carbocycles. The molecule has 3 aromatic rings. The highest BCUT2D eigenvalue weighted by Gasteiger charge is 2.16. The number of allylic oxidation sites excluding steroid dienone is 1. The molecule has 2 aromatic heterocycles. The number of hydrazone groups is 1. The largest absolute Gasteiger partial charge is 0.504 e. The van der Waals surface area contributed by atoms with E-state index in [0.717, 1.165) is 5.69 Å². The third-order valence-electron chi connectivity index (χ3n) is 3.06. The molecule has 2 heterocycles. The molecule has 7 heteroatoms. The Kier molecular flexibility index (Phi) is 4.52. The highest BCUT2D eigenvalue weighted by molar-refractivity contribution is 5.95. The van der Waals surface area contributed by atoms with Crippen molar-refractivity contribution in [3.63, 3.8) is 0 Å². The zero-order valence-electron chi connectivity index (χ0n) is 12.5. The van der Waals surface area contributed by atoms with Gasteiger partial charge >= 0.3 is 0 Å². The van der Waals surface area contributed by atoms with Crippen LogP contribution in [0.2, 0.25) is 0 Å². The molecule has 0 spiro atoms. The summed E-state index contributed by atoms with van der Waals surface area (Å²) < 4.78 is 6.53. The lowest BCUT2D eigenvalue weighted by Crippen LogP contribution is -2.18. The van der Waals surface area contributed by atoms with Gasteiger partial charge in [0.15, 0.2) is 11.4 Å². The first kappa shape index (κ1) is 15.3. The zero-order chi connectivity index (χ0) is 16.8. The van der Waals surface area contributed by atoms with Crippen LogP contribution in [0.25, 0.3) is 11.8 Å². The Bertz CT molecular complexity index is 865. The zero-order valence-corrected chi connectivity index (χ0v) is 12.5. The van der Waals surface area contributed by atoms with Gasteiger partial charge in [0.1, 0.15) is 5.76 Å². The number of nitrogens with zero attached hydrogens (tertiary/aromatic N) is 3. The van der Waals surface area contributed by atoms with Crippen LogP contribution in [0.4, 0.5) is 0 Å². The van der Waals surface area contributed by atoms with Crippen LogP contribution in [-0.2, 0) is 0 Å². The first-order valence-electron chi connectivity index (χ1n) is 7.11. The van der Waals surface area contributed by atoms with E-state index in [0.29, 0.717) is 5.76 Å². The molecule has 0 bridgehead atoms. The number of furan rings is 1. The fraction of sp³-hybridized carbons (Fsp3) is 0. The second-order valence-corrected chi connectivity index (χ2v) is 4.74. The van der Waals surface area contributed by atoms with Gasteiger partial charge in [-0.25, -0.2) is 10.1 Å². The van der Waals surface area contributed by atoms with Crippen molar-refractivity contribution in [2.24, 2.45) is 5.10 Å². The average molecular weight is 322 g/mol. The van der Waals surface area contributed by atoms with Crippen LogP contribution in [0, 0.1) is 0 Å². The molecule has 0 aliphatic carbocycles. The molecule has 0 atom stereocenters. The van der Waals surface area contributed by atoms with E-state index in [1.165, 1.54) is 17.1 Å². The maximum Gasteiger partial charge on any atom is 0.295 e. The fourth-order valence-corrected chi connectivity index (χ4v) is 1.96. The van der Waals surface area contributed by atoms with Crippen molar-refractivity contribution in [3.8, 4) is 11.4 Å². The molecule has 0 aliphatic heterocycles. The monoisotopic (exact) mass is 322 g/mol. The predicted octanol–water partition coefficient (Wildman–Crippen LogP) is 2.60. The van der Waals surface area contributed by atoms with Crippen molar-refractivity contribution < 1.29 is 14.3 Å². The maximum atomic E-state index is 12.0. The smallest absolute Gasteiger partial charge is 0.295 e. The molecule has 120 valence electrons. The minimum atomic E-state index is -0.607. The van der Waals surface area contributed by atoms with Crippen LogP contribution in [-0.4, -0.2) is 27.0 Å². The summed E-state index contributed by atoms with van der Waals surface area (Å²) in [6.07, 6.45) is 7.62. The summed E-state index contributed by atoms with van der Waals surface area (Å²) >= 11 is 0. The van der Waals surface area contributed by atoms with Crippen LogP contribution in [0.5, 0.6) is 5.75 Å². The highest BCUT2D eigenvalue weighted by atomic mass is 16.3. The first-order valence-corrected chi connectivity index (χ1v) is 7.11. The first-order chi connectivity index (χ1) is 11.7. The van der Waals surface area contributed by atoms with Gasteiger partial charge in [-0.05, 0) is 36.4 Å². The maximum absolute atomic E-state index is 12.0. The number of benzene rings is 1. The summed E-state index contributed by atoms with van der Waals surface area (Å²) in [5.41, 5.74) is 2.93. The van der Waals surface area contributed by atoms with E-state index < -0.39 is 5.91 Å². The lowest BCUT2D eigenvalue weighted by molar-refractivity contribution is 0.0947. The van der Waals surface area contributed by atoms with Gasteiger partial charge in [0.2, 0.25) is 0 Å². The van der Waals surface area contributed by atoms with Crippen molar-refractivity contribution in [2.45, 2.75) is 0 Å². The van der Waals surface area contributed by atoms with Crippen molar-refractivity contribution >= 4 is 18.2 Å². The normalized spacial score (nSPS) is 11.3. The number of hydrogen-bond donors (Lipinski definition) is 2. The molecule has 24 heavy (non-hydrogen) atoms. The molecule has 2 N–H and O–H groups in total. The minimum absolute atomic E-state index is 0.106. The SMILES string of the molecule is O=C(NN=C/C=C\c1ccco1)c1nn(-c2ccccc2)cc1O. The number of carbonyl (C=O) groups excluding carboxylic acids is 1. The molecule has 1 amide bonds. The van der Waals surface area contributed by atoms with Crippen LogP contribution in [0.3, 0.4) is 0 Å². The van der Waals surface area contributed by atoms with E-state index in [-0.39, 0.29) is 11.4 Å². The van der Waals surface area contributed by atoms with Crippen molar-refractivity contribution in [2.75, 3.05) is 0 Å². The number of aromatic nitrogens is 2. The van der Waals surface area contributed by atoms with Crippen LogP contribution >= 0.6 is 0 Å². The molecular formula is C17H14N4O3. The quantitative estimate of drug-likeness (QED) is 0.558. The van der Waals surface area contributed by atoms with E-state index in [4.69, 9.17) is 4.42 Å². The van der Waals surface area contributed by atoms with Gasteiger partial charge in [0.05, 0.1) is 18.1 Å². The number of nitrogens with one attached hydrogen (secondary N) is 1. The van der Waals surface area contributed by atoms with Gasteiger partial charge < -0.3 is 9.52 Å². The third kappa shape index (κ3) is 3.58. The molecule has 3 rings (SSSR count). The highest BCUT2D eigenvalue weighted by Crippen LogP contribution is 2.17. The summed E-state index contributed by atoms with van der Waals surface area (Å²) in [6.45, 7) is 0. The van der Waals surface area contributed by atoms with Gasteiger partial charge in [0.25, 0.3) is 5.91 Å². The summed E-state index contributed by atoms with van der Waals surface area (Å²) in [5, 5.41) is 17.7. The Morgan fingerprint density at radius 1 is 1.25 bits per heavy atom. The molecule has 0 radical (unpaired) electrons. The van der Waals surface area contributed by atoms with Gasteiger partial charge in [-0.15, -0.1) is 0 Å². The van der Waals surface area contributed by atoms with Gasteiger partial charge in [-0.1, -0.05) is 18.2 Å². The second-order valence-electron chi connectivity index (χ2n) is 4.74. The molecule has 0 unspecified atom stereocenters. The molecule has 7 nitrogen and oxygen atoms in total. The fourth-order valence-electron chi connectivity index (χ4n) is 1.96. The lowest BCUT2D eigenvalue weighted by atomic mass is 10.3. The van der Waals surface area contributed by atoms with E-state index in [2.05, 4.69) is 15.6 Å². The van der Waals surface area contributed by atoms with Crippen molar-refractivity contribution in [3.05, 3.63) is 72.5 Å². The van der Waals surface area contributed by atoms with Gasteiger partial charge in [0, 0.05) is 6.21 Å². The van der Waals surface area contributed by atoms with Gasteiger partial charge in [-0.3, -0.25) is 4.79 Å². The second kappa shape index (κ2) is 7.10. The summed E-state index contributed by atoms with van der Waals surface area (Å²) in [7, 11) is 0. The van der Waals surface area contributed by atoms with Crippen LogP contribution < -0.4 is 5.43 Å². The number of rotatable bonds is 5. The number of aromatic hydroxyl groups is 1. The molecule has 0 saturated carbocycles. The Morgan fingerprint density at radius 3 is 2.83 bits per heavy atom. The Morgan fingerprint density at radius 2 is 2.08 bits per heavy atom. The Hall–Kier alpha value is -3.61. The van der Waals surface area contributed by atoms with Crippen molar-refractivity contribution in [1.29, 1.82) is 0 Å². The summed E-state index contributed by atoms with van der Waals surface area (Å²) in [6, 6.07) is 12.7. The van der Waals surface area contributed by atoms with E-state index in [9.17, 15) is 9.90 Å². The summed E-state index contributed by atoms with van der Waals surface area (Å²) in [4.78, 5) is 12.0. The van der Waals surface area contributed by atoms with Crippen LogP contribution in [0.1, 0.15) is 16.2 Å². The predicted molar refractivity (Wildman–Crippen MR) is 88.9 cm³/mol. The molecular weight excluding hydrogens is 308 g/mol. The van der Waals surface area contributed by atoms with E-state index >= 15 is 0 Å². The van der Waals surface area contributed by atoms with E-state index in [1.54, 1.807) is 30.5 Å². The minimum Gasteiger partial charge on any atom is -0.504 e. The van der Waals surface area contributed by atoms with E-state index in [1.807, 2.05) is 30.3 Å². The Labute approximate surface area is 137 Å². The molecule has 0 saturated heterocycles. The third-order valence-corrected chi connectivity index (χ3v) is 3.06. The Balaban J connectivity index is 1.64. The molecule has 0 aliphatic rings. The number of carbonyl (C=O) groups is 1. The standard InChI is InChI=1S/C17H14N4O3/c22-15-12-21(13-6-2-1-3-7-13)20-16(15)17(23)19-18-10-4-8-14-9-5-11-24-14/h1-12,22H,(H,19,23)/b8-4-,18-10?. The number of hydrogen-bond acceptors (Lipinski definition) is 5. The average Bonchev–Trinajstić information content (AvgIpc) is 3.25. The van der Waals surface area contributed by atoms with Crippen molar-refractivity contribution in [1.82, 2.24) is 15.2 Å². The molecule has 0 fully saturated rings. The van der Waals surface area contributed by atoms with Gasteiger partial charge in [-0.2, -0.15) is 10.2 Å². The summed E-state index contributed by atoms with van der Waals surface area (Å²) in [5.74, 6) is -0.158. The number of amides is 1.